The van der Waals surface area contributed by atoms with E-state index in [2.05, 4.69) is 11.4 Å². The van der Waals surface area contributed by atoms with Crippen LogP contribution in [0.25, 0.3) is 0 Å². The van der Waals surface area contributed by atoms with E-state index in [-0.39, 0.29) is 0 Å². The Morgan fingerprint density at radius 1 is 1.50 bits per heavy atom. The number of rotatable bonds is 5. The second kappa shape index (κ2) is 6.69. The summed E-state index contributed by atoms with van der Waals surface area (Å²) >= 11 is 0. The fourth-order valence-electron chi connectivity index (χ4n) is 1.65. The molecule has 0 atom stereocenters. The van der Waals surface area contributed by atoms with Crippen LogP contribution in [-0.4, -0.2) is 19.6 Å². The molecule has 0 bridgehead atoms. The molecule has 4 nitrogen and oxygen atoms in total. The number of anilines is 2. The lowest BCUT2D eigenvalue weighted by Gasteiger charge is -2.11. The summed E-state index contributed by atoms with van der Waals surface area (Å²) in [5.74, 6) is -0.410. The standard InChI is InChI=1S/C14H20N2O2/c1-4-5-6-7-16-11-8-10(2)13(15)12(9-11)14(17)18-3/h4-5,8-9,16H,6-7,15H2,1-3H3/b5-4+. The van der Waals surface area contributed by atoms with Gasteiger partial charge in [0.1, 0.15) is 0 Å². The lowest BCUT2D eigenvalue weighted by molar-refractivity contribution is 0.0602. The number of carbonyl (C=O) groups is 1. The zero-order chi connectivity index (χ0) is 13.5. The Hall–Kier alpha value is -1.97. The van der Waals surface area contributed by atoms with Gasteiger partial charge in [0.05, 0.1) is 12.7 Å². The van der Waals surface area contributed by atoms with Crippen molar-refractivity contribution in [1.82, 2.24) is 0 Å². The smallest absolute Gasteiger partial charge is 0.340 e. The van der Waals surface area contributed by atoms with Gasteiger partial charge >= 0.3 is 5.97 Å². The highest BCUT2D eigenvalue weighted by atomic mass is 16.5. The molecule has 0 saturated heterocycles. The normalized spacial score (nSPS) is 10.6. The summed E-state index contributed by atoms with van der Waals surface area (Å²) in [6.45, 7) is 4.68. The fourth-order valence-corrected chi connectivity index (χ4v) is 1.65. The summed E-state index contributed by atoms with van der Waals surface area (Å²) in [4.78, 5) is 11.6. The molecule has 0 saturated carbocycles. The number of nitrogens with one attached hydrogen (secondary N) is 1. The summed E-state index contributed by atoms with van der Waals surface area (Å²) in [6.07, 6.45) is 5.03. The minimum absolute atomic E-state index is 0.408. The van der Waals surface area contributed by atoms with Gasteiger partial charge < -0.3 is 15.8 Å². The third kappa shape index (κ3) is 3.52. The van der Waals surface area contributed by atoms with Gasteiger partial charge in [-0.2, -0.15) is 0 Å². The van der Waals surface area contributed by atoms with Gasteiger partial charge in [0.2, 0.25) is 0 Å². The van der Waals surface area contributed by atoms with Crippen LogP contribution in [0.5, 0.6) is 0 Å². The molecular formula is C14H20N2O2. The van der Waals surface area contributed by atoms with Gasteiger partial charge in [-0.25, -0.2) is 4.79 Å². The van der Waals surface area contributed by atoms with E-state index in [0.29, 0.717) is 11.3 Å². The Labute approximate surface area is 108 Å². The maximum absolute atomic E-state index is 11.6. The number of esters is 1. The zero-order valence-electron chi connectivity index (χ0n) is 11.1. The van der Waals surface area contributed by atoms with Crippen LogP contribution >= 0.6 is 0 Å². The second-order valence-electron chi connectivity index (χ2n) is 4.03. The van der Waals surface area contributed by atoms with Crippen molar-refractivity contribution in [3.8, 4) is 0 Å². The van der Waals surface area contributed by atoms with Crippen molar-refractivity contribution in [1.29, 1.82) is 0 Å². The van der Waals surface area contributed by atoms with Crippen LogP contribution in [-0.2, 0) is 4.74 Å². The lowest BCUT2D eigenvalue weighted by atomic mass is 10.1. The van der Waals surface area contributed by atoms with Gasteiger partial charge in [0.25, 0.3) is 0 Å². The van der Waals surface area contributed by atoms with Crippen LogP contribution in [0.4, 0.5) is 11.4 Å². The van der Waals surface area contributed by atoms with Gasteiger partial charge in [-0.05, 0) is 38.0 Å². The molecule has 1 rings (SSSR count). The number of nitrogen functional groups attached to an aromatic ring is 1. The molecule has 0 amide bonds. The average Bonchev–Trinajstić information content (AvgIpc) is 2.37. The van der Waals surface area contributed by atoms with Crippen LogP contribution in [0.15, 0.2) is 24.3 Å². The first-order chi connectivity index (χ1) is 8.60. The maximum Gasteiger partial charge on any atom is 0.340 e. The number of carbonyl (C=O) groups excluding carboxylic acids is 1. The molecule has 0 aliphatic carbocycles. The van der Waals surface area contributed by atoms with Crippen LogP contribution < -0.4 is 11.1 Å². The minimum Gasteiger partial charge on any atom is -0.465 e. The molecule has 0 fully saturated rings. The second-order valence-corrected chi connectivity index (χ2v) is 4.03. The molecule has 0 unspecified atom stereocenters. The van der Waals surface area contributed by atoms with Gasteiger partial charge in [-0.15, -0.1) is 0 Å². The Bertz CT molecular complexity index is 453. The summed E-state index contributed by atoms with van der Waals surface area (Å²) in [7, 11) is 1.35. The molecule has 1 aromatic carbocycles. The van der Waals surface area contributed by atoms with Crippen molar-refractivity contribution >= 4 is 17.3 Å². The Morgan fingerprint density at radius 2 is 2.22 bits per heavy atom. The average molecular weight is 248 g/mol. The van der Waals surface area contributed by atoms with Crippen LogP contribution in [0.2, 0.25) is 0 Å². The fraction of sp³-hybridized carbons (Fsp3) is 0.357. The summed E-state index contributed by atoms with van der Waals surface area (Å²) in [6, 6.07) is 3.65. The quantitative estimate of drug-likeness (QED) is 0.364. The molecular weight excluding hydrogens is 228 g/mol. The zero-order valence-corrected chi connectivity index (χ0v) is 11.1. The first kappa shape index (κ1) is 14.1. The SMILES string of the molecule is C/C=C/CCNc1cc(C)c(N)c(C(=O)OC)c1. The highest BCUT2D eigenvalue weighted by Crippen LogP contribution is 2.23. The summed E-state index contributed by atoms with van der Waals surface area (Å²) in [5.41, 5.74) is 8.49. The third-order valence-electron chi connectivity index (χ3n) is 2.67. The number of allylic oxidation sites excluding steroid dienone is 1. The third-order valence-corrected chi connectivity index (χ3v) is 2.67. The minimum atomic E-state index is -0.410. The number of ether oxygens (including phenoxy) is 1. The van der Waals surface area contributed by atoms with E-state index < -0.39 is 5.97 Å². The molecule has 0 heterocycles. The highest BCUT2D eigenvalue weighted by Gasteiger charge is 2.13. The topological polar surface area (TPSA) is 64.3 Å². The number of hydrogen-bond acceptors (Lipinski definition) is 4. The predicted octanol–water partition coefficient (Wildman–Crippen LogP) is 2.74. The molecule has 98 valence electrons. The lowest BCUT2D eigenvalue weighted by Crippen LogP contribution is -2.09. The molecule has 3 N–H and O–H groups in total. The van der Waals surface area contributed by atoms with E-state index in [1.807, 2.05) is 26.0 Å². The monoisotopic (exact) mass is 248 g/mol. The van der Waals surface area contributed by atoms with Crippen LogP contribution in [0.1, 0.15) is 29.3 Å². The predicted molar refractivity (Wildman–Crippen MR) is 74.9 cm³/mol. The van der Waals surface area contributed by atoms with Crippen molar-refractivity contribution in [2.75, 3.05) is 24.7 Å². The number of nitrogens with two attached hydrogens (primary N) is 1. The molecule has 0 spiro atoms. The summed E-state index contributed by atoms with van der Waals surface area (Å²) < 4.78 is 4.71. The molecule has 0 aromatic heterocycles. The number of methoxy groups -OCH3 is 1. The maximum atomic E-state index is 11.6. The van der Waals surface area contributed by atoms with Crippen molar-refractivity contribution < 1.29 is 9.53 Å². The van der Waals surface area contributed by atoms with Crippen molar-refractivity contribution in [2.24, 2.45) is 0 Å². The Balaban J connectivity index is 2.87. The molecule has 0 aliphatic rings. The van der Waals surface area contributed by atoms with Crippen molar-refractivity contribution in [3.63, 3.8) is 0 Å². The first-order valence-corrected chi connectivity index (χ1v) is 5.93. The highest BCUT2D eigenvalue weighted by molar-refractivity contribution is 5.97. The van der Waals surface area contributed by atoms with E-state index in [9.17, 15) is 4.79 Å². The largest absolute Gasteiger partial charge is 0.465 e. The molecule has 0 aliphatic heterocycles. The van der Waals surface area contributed by atoms with E-state index in [1.165, 1.54) is 7.11 Å². The molecule has 18 heavy (non-hydrogen) atoms. The van der Waals surface area contributed by atoms with Gasteiger partial charge in [-0.3, -0.25) is 0 Å². The molecule has 0 radical (unpaired) electrons. The van der Waals surface area contributed by atoms with E-state index >= 15 is 0 Å². The molecule has 1 aromatic rings. The van der Waals surface area contributed by atoms with E-state index in [4.69, 9.17) is 10.5 Å². The van der Waals surface area contributed by atoms with Gasteiger partial charge in [0.15, 0.2) is 0 Å². The number of aryl methyl sites for hydroxylation is 1. The molecule has 4 heteroatoms. The van der Waals surface area contributed by atoms with Crippen LogP contribution in [0.3, 0.4) is 0 Å². The van der Waals surface area contributed by atoms with Crippen molar-refractivity contribution in [2.45, 2.75) is 20.3 Å². The first-order valence-electron chi connectivity index (χ1n) is 5.93. The van der Waals surface area contributed by atoms with E-state index in [0.717, 1.165) is 24.2 Å². The van der Waals surface area contributed by atoms with Crippen molar-refractivity contribution in [3.05, 3.63) is 35.4 Å². The Morgan fingerprint density at radius 3 is 2.83 bits per heavy atom. The number of benzene rings is 1. The van der Waals surface area contributed by atoms with Gasteiger partial charge in [0, 0.05) is 17.9 Å². The van der Waals surface area contributed by atoms with Crippen LogP contribution in [0, 0.1) is 6.92 Å². The number of hydrogen-bond donors (Lipinski definition) is 2. The van der Waals surface area contributed by atoms with E-state index in [1.54, 1.807) is 6.07 Å². The van der Waals surface area contributed by atoms with Gasteiger partial charge in [-0.1, -0.05) is 12.2 Å². The Kier molecular flexibility index (Phi) is 5.24. The summed E-state index contributed by atoms with van der Waals surface area (Å²) in [5, 5.41) is 3.25.